The molecule has 4 heteroatoms. The van der Waals surface area contributed by atoms with Crippen LogP contribution in [0.2, 0.25) is 0 Å². The van der Waals surface area contributed by atoms with E-state index >= 15 is 0 Å². The Balaban J connectivity index is 2.03. The summed E-state index contributed by atoms with van der Waals surface area (Å²) in [5, 5.41) is 8.93. The Hall–Kier alpha value is -1.86. The van der Waals surface area contributed by atoms with Crippen LogP contribution in [0.3, 0.4) is 0 Å². The lowest BCUT2D eigenvalue weighted by Crippen LogP contribution is -2.51. The smallest absolute Gasteiger partial charge is 0.253 e. The van der Waals surface area contributed by atoms with Gasteiger partial charge in [-0.3, -0.25) is 9.69 Å². The molecule has 1 saturated heterocycles. The maximum Gasteiger partial charge on any atom is 0.253 e. The van der Waals surface area contributed by atoms with Crippen molar-refractivity contribution in [1.29, 1.82) is 5.26 Å². The molecule has 0 radical (unpaired) electrons. The number of carbonyl (C=O) groups excluding carboxylic acids is 1. The Morgan fingerprint density at radius 1 is 1.15 bits per heavy atom. The number of nitriles is 1. The lowest BCUT2D eigenvalue weighted by Gasteiger charge is -2.36. The number of amides is 1. The topological polar surface area (TPSA) is 47.3 Å². The van der Waals surface area contributed by atoms with E-state index in [9.17, 15) is 4.79 Å². The summed E-state index contributed by atoms with van der Waals surface area (Å²) in [6, 6.07) is 8.13. The molecular weight excluding hydrogens is 250 g/mol. The van der Waals surface area contributed by atoms with Crippen LogP contribution in [-0.2, 0) is 0 Å². The molecule has 1 aliphatic heterocycles. The van der Waals surface area contributed by atoms with Crippen molar-refractivity contribution in [2.24, 2.45) is 0 Å². The first-order valence-electron chi connectivity index (χ1n) is 7.02. The highest BCUT2D eigenvalue weighted by Gasteiger charge is 2.24. The van der Waals surface area contributed by atoms with E-state index in [0.717, 1.165) is 29.8 Å². The number of hydrogen-bond acceptors (Lipinski definition) is 3. The molecule has 2 rings (SSSR count). The monoisotopic (exact) mass is 271 g/mol. The predicted octanol–water partition coefficient (Wildman–Crippen LogP) is 1.97. The summed E-state index contributed by atoms with van der Waals surface area (Å²) < 4.78 is 0. The predicted molar refractivity (Wildman–Crippen MR) is 78.5 cm³/mol. The molecule has 1 heterocycles. The molecule has 0 spiro atoms. The fraction of sp³-hybridized carbons (Fsp3) is 0.500. The quantitative estimate of drug-likeness (QED) is 0.826. The molecule has 1 fully saturated rings. The second-order valence-electron chi connectivity index (χ2n) is 5.51. The molecule has 1 unspecified atom stereocenters. The fourth-order valence-corrected chi connectivity index (χ4v) is 2.67. The molecule has 0 bridgehead atoms. The molecule has 0 N–H and O–H groups in total. The minimum absolute atomic E-state index is 0.0755. The van der Waals surface area contributed by atoms with Crippen LogP contribution < -0.4 is 0 Å². The first-order chi connectivity index (χ1) is 9.51. The zero-order valence-electron chi connectivity index (χ0n) is 12.4. The minimum Gasteiger partial charge on any atom is -0.336 e. The van der Waals surface area contributed by atoms with Gasteiger partial charge in [0.15, 0.2) is 0 Å². The van der Waals surface area contributed by atoms with Crippen LogP contribution in [0.25, 0.3) is 0 Å². The van der Waals surface area contributed by atoms with Crippen molar-refractivity contribution in [3.63, 3.8) is 0 Å². The summed E-state index contributed by atoms with van der Waals surface area (Å²) in [5.74, 6) is 0.0982. The van der Waals surface area contributed by atoms with Crippen LogP contribution >= 0.6 is 0 Å². The number of nitrogens with zero attached hydrogens (tertiary/aromatic N) is 3. The van der Waals surface area contributed by atoms with Gasteiger partial charge in [-0.25, -0.2) is 0 Å². The summed E-state index contributed by atoms with van der Waals surface area (Å²) in [6.45, 7) is 8.85. The SMILES string of the molecule is Cc1cc(C)cc(C(=O)N2CCN(C(C)C#N)CC2)c1. The van der Waals surface area contributed by atoms with Gasteiger partial charge in [0.1, 0.15) is 0 Å². The number of carbonyl (C=O) groups is 1. The van der Waals surface area contributed by atoms with Crippen molar-refractivity contribution >= 4 is 5.91 Å². The van der Waals surface area contributed by atoms with Crippen molar-refractivity contribution in [2.45, 2.75) is 26.8 Å². The van der Waals surface area contributed by atoms with Gasteiger partial charge in [-0.15, -0.1) is 0 Å². The van der Waals surface area contributed by atoms with Crippen LogP contribution in [0.15, 0.2) is 18.2 Å². The van der Waals surface area contributed by atoms with Gasteiger partial charge in [0.25, 0.3) is 5.91 Å². The van der Waals surface area contributed by atoms with E-state index in [1.54, 1.807) is 0 Å². The van der Waals surface area contributed by atoms with Gasteiger partial charge in [0, 0.05) is 31.7 Å². The lowest BCUT2D eigenvalue weighted by atomic mass is 10.1. The van der Waals surface area contributed by atoms with Crippen LogP contribution in [0, 0.1) is 25.2 Å². The Bertz CT molecular complexity index is 519. The Labute approximate surface area is 120 Å². The second kappa shape index (κ2) is 6.06. The van der Waals surface area contributed by atoms with Gasteiger partial charge in [-0.05, 0) is 32.9 Å². The Morgan fingerprint density at radius 3 is 2.20 bits per heavy atom. The third kappa shape index (κ3) is 3.17. The molecule has 1 amide bonds. The molecule has 1 aromatic rings. The molecule has 20 heavy (non-hydrogen) atoms. The van der Waals surface area contributed by atoms with E-state index < -0.39 is 0 Å². The Morgan fingerprint density at radius 2 is 1.70 bits per heavy atom. The van der Waals surface area contributed by atoms with E-state index in [-0.39, 0.29) is 11.9 Å². The largest absolute Gasteiger partial charge is 0.336 e. The van der Waals surface area contributed by atoms with Crippen LogP contribution in [-0.4, -0.2) is 47.9 Å². The maximum atomic E-state index is 12.5. The van der Waals surface area contributed by atoms with Crippen molar-refractivity contribution in [1.82, 2.24) is 9.80 Å². The summed E-state index contributed by atoms with van der Waals surface area (Å²) in [6.07, 6.45) is 0. The van der Waals surface area contributed by atoms with Crippen molar-refractivity contribution in [2.75, 3.05) is 26.2 Å². The van der Waals surface area contributed by atoms with Gasteiger partial charge in [0.05, 0.1) is 12.1 Å². The fourth-order valence-electron chi connectivity index (χ4n) is 2.67. The maximum absolute atomic E-state index is 12.5. The molecule has 4 nitrogen and oxygen atoms in total. The Kier molecular flexibility index (Phi) is 4.41. The zero-order chi connectivity index (χ0) is 14.7. The average molecular weight is 271 g/mol. The first kappa shape index (κ1) is 14.5. The van der Waals surface area contributed by atoms with Gasteiger partial charge in [0.2, 0.25) is 0 Å². The van der Waals surface area contributed by atoms with Crippen LogP contribution in [0.5, 0.6) is 0 Å². The van der Waals surface area contributed by atoms with Crippen molar-refractivity contribution in [3.05, 3.63) is 34.9 Å². The standard InChI is InChI=1S/C16H21N3O/c1-12-8-13(2)10-15(9-12)16(20)19-6-4-18(5-7-19)14(3)11-17/h8-10,14H,4-7H2,1-3H3. The van der Waals surface area contributed by atoms with Gasteiger partial charge in [-0.1, -0.05) is 17.2 Å². The summed E-state index contributed by atoms with van der Waals surface area (Å²) in [4.78, 5) is 16.5. The zero-order valence-corrected chi connectivity index (χ0v) is 12.4. The van der Waals surface area contributed by atoms with E-state index in [1.807, 2.05) is 37.8 Å². The molecule has 106 valence electrons. The van der Waals surface area contributed by atoms with E-state index in [0.29, 0.717) is 13.1 Å². The average Bonchev–Trinajstić information content (AvgIpc) is 2.45. The first-order valence-corrected chi connectivity index (χ1v) is 7.02. The normalized spacial score (nSPS) is 17.6. The number of hydrogen-bond donors (Lipinski definition) is 0. The lowest BCUT2D eigenvalue weighted by molar-refractivity contribution is 0.0615. The summed E-state index contributed by atoms with van der Waals surface area (Å²) >= 11 is 0. The number of piperazine rings is 1. The number of aryl methyl sites for hydroxylation is 2. The third-order valence-electron chi connectivity index (χ3n) is 3.80. The van der Waals surface area contributed by atoms with Crippen LogP contribution in [0.1, 0.15) is 28.4 Å². The van der Waals surface area contributed by atoms with Crippen molar-refractivity contribution in [3.8, 4) is 6.07 Å². The van der Waals surface area contributed by atoms with E-state index in [2.05, 4.69) is 17.0 Å². The summed E-state index contributed by atoms with van der Waals surface area (Å²) in [7, 11) is 0. The molecular formula is C16H21N3O. The van der Waals surface area contributed by atoms with E-state index in [1.165, 1.54) is 0 Å². The highest BCUT2D eigenvalue weighted by atomic mass is 16.2. The van der Waals surface area contributed by atoms with Gasteiger partial charge >= 0.3 is 0 Å². The summed E-state index contributed by atoms with van der Waals surface area (Å²) in [5.41, 5.74) is 3.00. The number of benzene rings is 1. The van der Waals surface area contributed by atoms with Crippen molar-refractivity contribution < 1.29 is 4.79 Å². The molecule has 0 saturated carbocycles. The van der Waals surface area contributed by atoms with E-state index in [4.69, 9.17) is 5.26 Å². The minimum atomic E-state index is -0.0755. The molecule has 1 atom stereocenters. The molecule has 1 aliphatic rings. The third-order valence-corrected chi connectivity index (χ3v) is 3.80. The molecule has 1 aromatic carbocycles. The van der Waals surface area contributed by atoms with Gasteiger partial charge < -0.3 is 4.90 Å². The molecule has 0 aliphatic carbocycles. The van der Waals surface area contributed by atoms with Gasteiger partial charge in [-0.2, -0.15) is 5.26 Å². The van der Waals surface area contributed by atoms with Crippen LogP contribution in [0.4, 0.5) is 0 Å². The molecule has 0 aromatic heterocycles. The second-order valence-corrected chi connectivity index (χ2v) is 5.51. The highest BCUT2D eigenvalue weighted by molar-refractivity contribution is 5.94. The number of rotatable bonds is 2. The highest BCUT2D eigenvalue weighted by Crippen LogP contribution is 2.14.